The van der Waals surface area contributed by atoms with Crippen LogP contribution in [0.4, 0.5) is 5.82 Å². The first-order chi connectivity index (χ1) is 12.2. The van der Waals surface area contributed by atoms with Crippen LogP contribution < -0.4 is 10.6 Å². The second kappa shape index (κ2) is 7.00. The molecule has 25 heavy (non-hydrogen) atoms. The van der Waals surface area contributed by atoms with Crippen molar-refractivity contribution in [2.24, 2.45) is 5.92 Å². The van der Waals surface area contributed by atoms with Crippen LogP contribution >= 0.6 is 0 Å². The van der Waals surface area contributed by atoms with Gasteiger partial charge in [-0.15, -0.1) is 0 Å². The molecule has 2 aliphatic heterocycles. The third-order valence-corrected chi connectivity index (χ3v) is 5.39. The number of rotatable bonds is 5. The van der Waals surface area contributed by atoms with E-state index in [0.717, 1.165) is 24.4 Å². The fraction of sp³-hybridized carbons (Fsp3) is 0.500. The van der Waals surface area contributed by atoms with E-state index in [1.165, 1.54) is 18.4 Å². The second-order valence-electron chi connectivity index (χ2n) is 7.54. The fourth-order valence-corrected chi connectivity index (χ4v) is 4.32. The van der Waals surface area contributed by atoms with Crippen LogP contribution in [0.3, 0.4) is 0 Å². The van der Waals surface area contributed by atoms with Crippen molar-refractivity contribution in [3.63, 3.8) is 0 Å². The van der Waals surface area contributed by atoms with E-state index < -0.39 is 0 Å². The van der Waals surface area contributed by atoms with E-state index >= 15 is 0 Å². The summed E-state index contributed by atoms with van der Waals surface area (Å²) in [6, 6.07) is 13.4. The van der Waals surface area contributed by atoms with Crippen molar-refractivity contribution in [1.29, 1.82) is 0 Å². The lowest BCUT2D eigenvalue weighted by atomic mass is 9.89. The summed E-state index contributed by atoms with van der Waals surface area (Å²) in [5, 5.41) is 11.3. The third-order valence-electron chi connectivity index (χ3n) is 5.39. The van der Waals surface area contributed by atoms with Crippen molar-refractivity contribution < 1.29 is 4.79 Å². The van der Waals surface area contributed by atoms with Gasteiger partial charge in [-0.25, -0.2) is 4.68 Å². The Morgan fingerprint density at radius 3 is 2.68 bits per heavy atom. The molecule has 2 unspecified atom stereocenters. The number of piperidine rings is 1. The van der Waals surface area contributed by atoms with Crippen LogP contribution in [0.5, 0.6) is 0 Å². The molecule has 5 nitrogen and oxygen atoms in total. The first-order valence-electron chi connectivity index (χ1n) is 9.30. The van der Waals surface area contributed by atoms with E-state index in [1.807, 2.05) is 35.9 Å². The number of nitrogens with one attached hydrogen (secondary N) is 2. The summed E-state index contributed by atoms with van der Waals surface area (Å²) in [5.74, 6) is 1.41. The number of nitrogens with zero attached hydrogens (tertiary/aromatic N) is 2. The number of anilines is 1. The SMILES string of the molecule is Cc1cc(NC(=O)CC2CC3CCC(C2)N3)n(Cc2ccccc2)n1. The predicted octanol–water partition coefficient (Wildman–Crippen LogP) is 3.10. The summed E-state index contributed by atoms with van der Waals surface area (Å²) >= 11 is 0. The first kappa shape index (κ1) is 16.3. The Kier molecular flexibility index (Phi) is 4.57. The first-order valence-corrected chi connectivity index (χ1v) is 9.30. The van der Waals surface area contributed by atoms with Gasteiger partial charge in [-0.05, 0) is 44.1 Å². The van der Waals surface area contributed by atoms with Crippen molar-refractivity contribution in [1.82, 2.24) is 15.1 Å². The number of fused-ring (bicyclic) bond motifs is 2. The standard InChI is InChI=1S/C20H26N4O/c1-14-9-19(24(23-14)13-15-5-3-2-4-6-15)22-20(25)12-16-10-17-7-8-18(11-16)21-17/h2-6,9,16-18,21H,7-8,10-13H2,1H3,(H,22,25). The van der Waals surface area contributed by atoms with Gasteiger partial charge in [0.15, 0.2) is 0 Å². The van der Waals surface area contributed by atoms with Crippen molar-refractivity contribution >= 4 is 11.7 Å². The van der Waals surface area contributed by atoms with Crippen LogP contribution in [0.15, 0.2) is 36.4 Å². The fourth-order valence-electron chi connectivity index (χ4n) is 4.32. The number of amides is 1. The number of carbonyl (C=O) groups is 1. The average Bonchev–Trinajstić information content (AvgIpc) is 3.10. The number of aromatic nitrogens is 2. The molecule has 1 aromatic heterocycles. The Morgan fingerprint density at radius 1 is 1.24 bits per heavy atom. The van der Waals surface area contributed by atoms with Gasteiger partial charge in [0.2, 0.25) is 5.91 Å². The van der Waals surface area contributed by atoms with Gasteiger partial charge in [0.05, 0.1) is 12.2 Å². The molecule has 2 atom stereocenters. The maximum atomic E-state index is 12.6. The van der Waals surface area contributed by atoms with Gasteiger partial charge in [0.1, 0.15) is 5.82 Å². The molecule has 4 rings (SSSR count). The van der Waals surface area contributed by atoms with Crippen molar-refractivity contribution in [2.75, 3.05) is 5.32 Å². The number of hydrogen-bond donors (Lipinski definition) is 2. The Labute approximate surface area is 148 Å². The summed E-state index contributed by atoms with van der Waals surface area (Å²) in [7, 11) is 0. The molecule has 0 aliphatic carbocycles. The van der Waals surface area contributed by atoms with Crippen LogP contribution in [0, 0.1) is 12.8 Å². The molecular weight excluding hydrogens is 312 g/mol. The van der Waals surface area contributed by atoms with Crippen LogP contribution in [-0.4, -0.2) is 27.8 Å². The lowest BCUT2D eigenvalue weighted by Gasteiger charge is -2.28. The highest BCUT2D eigenvalue weighted by molar-refractivity contribution is 5.90. The summed E-state index contributed by atoms with van der Waals surface area (Å²) < 4.78 is 1.88. The largest absolute Gasteiger partial charge is 0.311 e. The topological polar surface area (TPSA) is 59.0 Å². The number of hydrogen-bond acceptors (Lipinski definition) is 3. The smallest absolute Gasteiger partial charge is 0.225 e. The number of carbonyl (C=O) groups excluding carboxylic acids is 1. The maximum absolute atomic E-state index is 12.6. The van der Waals surface area contributed by atoms with E-state index in [0.29, 0.717) is 31.0 Å². The van der Waals surface area contributed by atoms with Gasteiger partial charge in [-0.3, -0.25) is 4.79 Å². The van der Waals surface area contributed by atoms with Crippen molar-refractivity contribution in [3.05, 3.63) is 47.7 Å². The normalized spacial score (nSPS) is 25.1. The Bertz CT molecular complexity index is 727. The molecule has 0 spiro atoms. The van der Waals surface area contributed by atoms with Crippen molar-refractivity contribution in [2.45, 2.75) is 57.7 Å². The predicted molar refractivity (Wildman–Crippen MR) is 98.4 cm³/mol. The highest BCUT2D eigenvalue weighted by atomic mass is 16.1. The van der Waals surface area contributed by atoms with Gasteiger partial charge in [-0.1, -0.05) is 30.3 Å². The van der Waals surface area contributed by atoms with Gasteiger partial charge in [-0.2, -0.15) is 5.10 Å². The molecule has 3 heterocycles. The van der Waals surface area contributed by atoms with Gasteiger partial charge < -0.3 is 10.6 Å². The molecule has 5 heteroatoms. The minimum atomic E-state index is 0.112. The zero-order valence-corrected chi connectivity index (χ0v) is 14.7. The van der Waals surface area contributed by atoms with E-state index in [1.54, 1.807) is 0 Å². The number of benzene rings is 1. The molecule has 0 saturated carbocycles. The molecule has 2 fully saturated rings. The zero-order chi connectivity index (χ0) is 17.2. The molecule has 2 N–H and O–H groups in total. The summed E-state index contributed by atoms with van der Waals surface area (Å²) in [5.41, 5.74) is 2.10. The minimum absolute atomic E-state index is 0.112. The van der Waals surface area contributed by atoms with Crippen molar-refractivity contribution in [3.8, 4) is 0 Å². The van der Waals surface area contributed by atoms with Gasteiger partial charge >= 0.3 is 0 Å². The Morgan fingerprint density at radius 2 is 1.96 bits per heavy atom. The molecular formula is C20H26N4O. The van der Waals surface area contributed by atoms with Crippen LogP contribution in [0.2, 0.25) is 0 Å². The molecule has 2 bridgehead atoms. The van der Waals surface area contributed by atoms with Crippen LogP contribution in [0.1, 0.15) is 43.4 Å². The summed E-state index contributed by atoms with van der Waals surface area (Å²) in [6.07, 6.45) is 5.42. The van der Waals surface area contributed by atoms with Gasteiger partial charge in [0.25, 0.3) is 0 Å². The van der Waals surface area contributed by atoms with E-state index in [-0.39, 0.29) is 5.91 Å². The molecule has 1 aromatic carbocycles. The minimum Gasteiger partial charge on any atom is -0.311 e. The van der Waals surface area contributed by atoms with Crippen LogP contribution in [-0.2, 0) is 11.3 Å². The summed E-state index contributed by atoms with van der Waals surface area (Å²) in [6.45, 7) is 2.63. The highest BCUT2D eigenvalue weighted by Crippen LogP contribution is 2.32. The Hall–Kier alpha value is -2.14. The summed E-state index contributed by atoms with van der Waals surface area (Å²) in [4.78, 5) is 12.6. The number of aryl methyl sites for hydroxylation is 1. The molecule has 2 aliphatic rings. The second-order valence-corrected chi connectivity index (χ2v) is 7.54. The highest BCUT2D eigenvalue weighted by Gasteiger charge is 2.34. The molecule has 2 saturated heterocycles. The molecule has 1 amide bonds. The third kappa shape index (κ3) is 3.93. The Balaban J connectivity index is 1.39. The lowest BCUT2D eigenvalue weighted by molar-refractivity contribution is -0.117. The molecule has 132 valence electrons. The maximum Gasteiger partial charge on any atom is 0.225 e. The molecule has 2 aromatic rings. The quantitative estimate of drug-likeness (QED) is 0.881. The van der Waals surface area contributed by atoms with Crippen LogP contribution in [0.25, 0.3) is 0 Å². The van der Waals surface area contributed by atoms with Gasteiger partial charge in [0, 0.05) is 24.6 Å². The zero-order valence-electron chi connectivity index (χ0n) is 14.7. The lowest BCUT2D eigenvalue weighted by Crippen LogP contribution is -2.39. The monoisotopic (exact) mass is 338 g/mol. The van der Waals surface area contributed by atoms with E-state index in [9.17, 15) is 4.79 Å². The molecule has 0 radical (unpaired) electrons. The van der Waals surface area contributed by atoms with E-state index in [2.05, 4.69) is 27.9 Å². The average molecular weight is 338 g/mol. The van der Waals surface area contributed by atoms with E-state index in [4.69, 9.17) is 0 Å².